The second-order valence-electron chi connectivity index (χ2n) is 6.99. The fourth-order valence-electron chi connectivity index (χ4n) is 2.49. The van der Waals surface area contributed by atoms with Gasteiger partial charge in [0.15, 0.2) is 6.61 Å². The molecule has 8 nitrogen and oxygen atoms in total. The molecule has 0 radical (unpaired) electrons. The molecule has 2 aromatic carbocycles. The molecule has 1 unspecified atom stereocenters. The van der Waals surface area contributed by atoms with Crippen LogP contribution < -0.4 is 15.5 Å². The maximum absolute atomic E-state index is 12.5. The van der Waals surface area contributed by atoms with Gasteiger partial charge < -0.3 is 14.8 Å². The Morgan fingerprint density at radius 1 is 1.06 bits per heavy atom. The van der Waals surface area contributed by atoms with E-state index in [4.69, 9.17) is 27.9 Å². The second-order valence-corrected chi connectivity index (χ2v) is 7.81. The number of carbonyl (C=O) groups is 3. The lowest BCUT2D eigenvalue weighted by molar-refractivity contribution is -0.142. The predicted octanol–water partition coefficient (Wildman–Crippen LogP) is 3.45. The van der Waals surface area contributed by atoms with Crippen molar-refractivity contribution in [3.05, 3.63) is 63.6 Å². The maximum atomic E-state index is 12.5. The van der Waals surface area contributed by atoms with Crippen LogP contribution in [0.25, 0.3) is 0 Å². The van der Waals surface area contributed by atoms with Crippen molar-refractivity contribution < 1.29 is 23.9 Å². The Labute approximate surface area is 195 Å². The van der Waals surface area contributed by atoms with Crippen molar-refractivity contribution >= 4 is 47.2 Å². The van der Waals surface area contributed by atoms with Crippen LogP contribution in [0, 0.1) is 5.92 Å². The quantitative estimate of drug-likeness (QED) is 0.325. The van der Waals surface area contributed by atoms with Gasteiger partial charge in [-0.1, -0.05) is 37.0 Å². The number of hydrazone groups is 1. The van der Waals surface area contributed by atoms with Crippen molar-refractivity contribution in [2.24, 2.45) is 11.0 Å². The van der Waals surface area contributed by atoms with Crippen LogP contribution in [-0.2, 0) is 14.3 Å². The molecule has 2 aromatic rings. The number of amides is 2. The third-order valence-corrected chi connectivity index (χ3v) is 5.01. The van der Waals surface area contributed by atoms with Crippen LogP contribution in [0.15, 0.2) is 47.6 Å². The summed E-state index contributed by atoms with van der Waals surface area (Å²) in [4.78, 5) is 36.1. The SMILES string of the molecule is COC(=O)COc1ccc(C=NNC(=O)C(NC(=O)c2ccc(Cl)c(Cl)c2)C(C)C)cc1. The second kappa shape index (κ2) is 12.1. The first-order valence-electron chi connectivity index (χ1n) is 9.59. The molecule has 0 aromatic heterocycles. The summed E-state index contributed by atoms with van der Waals surface area (Å²) < 4.78 is 9.76. The lowest BCUT2D eigenvalue weighted by Crippen LogP contribution is -2.48. The van der Waals surface area contributed by atoms with Gasteiger partial charge in [0.25, 0.3) is 11.8 Å². The van der Waals surface area contributed by atoms with Crippen molar-refractivity contribution in [1.29, 1.82) is 0 Å². The highest BCUT2D eigenvalue weighted by Gasteiger charge is 2.24. The molecule has 2 amide bonds. The fraction of sp³-hybridized carbons (Fsp3) is 0.273. The lowest BCUT2D eigenvalue weighted by Gasteiger charge is -2.20. The van der Waals surface area contributed by atoms with Crippen molar-refractivity contribution in [2.45, 2.75) is 19.9 Å². The summed E-state index contributed by atoms with van der Waals surface area (Å²) in [6.45, 7) is 3.41. The van der Waals surface area contributed by atoms with E-state index in [1.807, 2.05) is 0 Å². The Morgan fingerprint density at radius 2 is 1.75 bits per heavy atom. The first kappa shape index (κ1) is 25.2. The minimum absolute atomic E-state index is 0.190. The van der Waals surface area contributed by atoms with Gasteiger partial charge in [-0.25, -0.2) is 10.2 Å². The van der Waals surface area contributed by atoms with Crippen LogP contribution in [0.4, 0.5) is 0 Å². The average molecular weight is 480 g/mol. The highest BCUT2D eigenvalue weighted by molar-refractivity contribution is 6.42. The van der Waals surface area contributed by atoms with Gasteiger partial charge in [0.1, 0.15) is 11.8 Å². The van der Waals surface area contributed by atoms with Gasteiger partial charge in [-0.15, -0.1) is 0 Å². The zero-order chi connectivity index (χ0) is 23.7. The first-order valence-corrected chi connectivity index (χ1v) is 10.4. The van der Waals surface area contributed by atoms with E-state index in [1.165, 1.54) is 31.5 Å². The molecular weight excluding hydrogens is 457 g/mol. The van der Waals surface area contributed by atoms with Crippen molar-refractivity contribution in [3.63, 3.8) is 0 Å². The highest BCUT2D eigenvalue weighted by Crippen LogP contribution is 2.22. The molecule has 0 fully saturated rings. The van der Waals surface area contributed by atoms with Crippen LogP contribution in [0.3, 0.4) is 0 Å². The number of halogens is 2. The first-order chi connectivity index (χ1) is 15.2. The number of methoxy groups -OCH3 is 1. The number of hydrogen-bond acceptors (Lipinski definition) is 6. The van der Waals surface area contributed by atoms with Gasteiger partial charge in [0.05, 0.1) is 23.4 Å². The largest absolute Gasteiger partial charge is 0.482 e. The van der Waals surface area contributed by atoms with Gasteiger partial charge in [-0.05, 0) is 53.9 Å². The Morgan fingerprint density at radius 3 is 2.34 bits per heavy atom. The topological polar surface area (TPSA) is 106 Å². The highest BCUT2D eigenvalue weighted by atomic mass is 35.5. The fourth-order valence-corrected chi connectivity index (χ4v) is 2.79. The van der Waals surface area contributed by atoms with E-state index in [-0.39, 0.29) is 23.1 Å². The molecule has 10 heteroatoms. The molecule has 0 saturated carbocycles. The molecule has 170 valence electrons. The van der Waals surface area contributed by atoms with E-state index in [0.29, 0.717) is 16.3 Å². The Bertz CT molecular complexity index is 994. The molecule has 0 bridgehead atoms. The third-order valence-electron chi connectivity index (χ3n) is 4.27. The van der Waals surface area contributed by atoms with E-state index >= 15 is 0 Å². The number of nitrogens with one attached hydrogen (secondary N) is 2. The Hall–Kier alpha value is -3.10. The predicted molar refractivity (Wildman–Crippen MR) is 122 cm³/mol. The van der Waals surface area contributed by atoms with Gasteiger partial charge in [-0.2, -0.15) is 5.10 Å². The summed E-state index contributed by atoms with van der Waals surface area (Å²) in [5.74, 6) is -1.11. The van der Waals surface area contributed by atoms with Crippen molar-refractivity contribution in [2.75, 3.05) is 13.7 Å². The molecule has 32 heavy (non-hydrogen) atoms. The minimum Gasteiger partial charge on any atom is -0.482 e. The van der Waals surface area contributed by atoms with Gasteiger partial charge in [0, 0.05) is 5.56 Å². The number of esters is 1. The molecule has 0 saturated heterocycles. The summed E-state index contributed by atoms with van der Waals surface area (Å²) in [5, 5.41) is 7.20. The molecule has 2 rings (SSSR count). The minimum atomic E-state index is -0.816. The molecule has 0 spiro atoms. The zero-order valence-electron chi connectivity index (χ0n) is 17.7. The number of nitrogens with zero attached hydrogens (tertiary/aromatic N) is 1. The van der Waals surface area contributed by atoms with Crippen LogP contribution >= 0.6 is 23.2 Å². The summed E-state index contributed by atoms with van der Waals surface area (Å²) in [5.41, 5.74) is 3.41. The van der Waals surface area contributed by atoms with Crippen molar-refractivity contribution in [3.8, 4) is 5.75 Å². The monoisotopic (exact) mass is 479 g/mol. The number of carbonyl (C=O) groups excluding carboxylic acids is 3. The van der Waals surface area contributed by atoms with E-state index in [0.717, 1.165) is 0 Å². The van der Waals surface area contributed by atoms with Crippen LogP contribution in [0.2, 0.25) is 10.0 Å². The van der Waals surface area contributed by atoms with Gasteiger partial charge >= 0.3 is 5.97 Å². The molecule has 0 aliphatic rings. The molecule has 0 aliphatic carbocycles. The van der Waals surface area contributed by atoms with Gasteiger partial charge in [-0.3, -0.25) is 9.59 Å². The summed E-state index contributed by atoms with van der Waals surface area (Å²) in [6.07, 6.45) is 1.44. The van der Waals surface area contributed by atoms with E-state index in [2.05, 4.69) is 20.6 Å². The molecule has 0 aliphatic heterocycles. The lowest BCUT2D eigenvalue weighted by atomic mass is 10.0. The van der Waals surface area contributed by atoms with E-state index < -0.39 is 23.8 Å². The van der Waals surface area contributed by atoms with Gasteiger partial charge in [0.2, 0.25) is 0 Å². The molecule has 2 N–H and O–H groups in total. The number of rotatable bonds is 9. The molecule has 0 heterocycles. The molecular formula is C22H23Cl2N3O5. The zero-order valence-corrected chi connectivity index (χ0v) is 19.2. The smallest absolute Gasteiger partial charge is 0.343 e. The van der Waals surface area contributed by atoms with Crippen LogP contribution in [0.5, 0.6) is 5.75 Å². The van der Waals surface area contributed by atoms with Crippen molar-refractivity contribution in [1.82, 2.24) is 10.7 Å². The maximum Gasteiger partial charge on any atom is 0.343 e. The number of hydrogen-bond donors (Lipinski definition) is 2. The number of ether oxygens (including phenoxy) is 2. The Balaban J connectivity index is 1.94. The van der Waals surface area contributed by atoms with E-state index in [9.17, 15) is 14.4 Å². The summed E-state index contributed by atoms with van der Waals surface area (Å²) >= 11 is 11.8. The van der Waals surface area contributed by atoms with Crippen LogP contribution in [0.1, 0.15) is 29.8 Å². The normalized spacial score (nSPS) is 11.8. The van der Waals surface area contributed by atoms with E-state index in [1.54, 1.807) is 38.1 Å². The number of benzene rings is 2. The summed E-state index contributed by atoms with van der Waals surface area (Å²) in [6, 6.07) is 10.4. The molecule has 1 atom stereocenters. The summed E-state index contributed by atoms with van der Waals surface area (Å²) in [7, 11) is 1.28. The van der Waals surface area contributed by atoms with Crippen LogP contribution in [-0.4, -0.2) is 43.8 Å². The Kier molecular flexibility index (Phi) is 9.49. The third kappa shape index (κ3) is 7.55. The standard InChI is InChI=1S/C22H23Cl2N3O5/c1-13(2)20(26-21(29)15-6-9-17(23)18(24)10-15)22(30)27-25-11-14-4-7-16(8-5-14)32-12-19(28)31-3/h4-11,13,20H,12H2,1-3H3,(H,26,29)(H,27,30). The average Bonchev–Trinajstić information content (AvgIpc) is 2.77.